The Balaban J connectivity index is 1.74. The van der Waals surface area contributed by atoms with Crippen LogP contribution in [0.1, 0.15) is 17.3 Å². The number of carbonyl (C=O) groups is 1. The van der Waals surface area contributed by atoms with E-state index in [1.54, 1.807) is 37.2 Å². The molecule has 24 heavy (non-hydrogen) atoms. The third-order valence-electron chi connectivity index (χ3n) is 3.99. The van der Waals surface area contributed by atoms with Crippen LogP contribution in [0.5, 0.6) is 0 Å². The van der Waals surface area contributed by atoms with Crippen LogP contribution in [0.15, 0.2) is 18.5 Å². The van der Waals surface area contributed by atoms with Crippen molar-refractivity contribution in [3.8, 4) is 0 Å². The van der Waals surface area contributed by atoms with Gasteiger partial charge in [-0.25, -0.2) is 9.97 Å². The molecule has 0 fully saturated rings. The number of aryl methyl sites for hydroxylation is 1. The van der Waals surface area contributed by atoms with E-state index in [-0.39, 0.29) is 18.4 Å². The second-order valence-corrected chi connectivity index (χ2v) is 5.97. The van der Waals surface area contributed by atoms with E-state index >= 15 is 0 Å². The summed E-state index contributed by atoms with van der Waals surface area (Å²) in [5.74, 6) is 0.646. The minimum absolute atomic E-state index is 0.0486. The lowest BCUT2D eigenvalue weighted by molar-refractivity contribution is -0.133. The van der Waals surface area contributed by atoms with Gasteiger partial charge in [-0.1, -0.05) is 5.21 Å². The number of fused-ring (bicyclic) bond motifs is 1. The summed E-state index contributed by atoms with van der Waals surface area (Å²) in [6.45, 7) is 1.78. The fraction of sp³-hybridized carbons (Fsp3) is 0.533. The van der Waals surface area contributed by atoms with E-state index in [0.29, 0.717) is 25.6 Å². The number of likely N-dealkylation sites (N-methyl/N-ethyl adjacent to an activating group) is 1. The number of hydrogen-bond donors (Lipinski definition) is 0. The van der Waals surface area contributed by atoms with E-state index in [4.69, 9.17) is 4.74 Å². The van der Waals surface area contributed by atoms with Gasteiger partial charge in [-0.3, -0.25) is 9.48 Å². The zero-order chi connectivity index (χ0) is 17.1. The molecule has 0 bridgehead atoms. The van der Waals surface area contributed by atoms with Gasteiger partial charge in [0.05, 0.1) is 18.8 Å². The van der Waals surface area contributed by atoms with Crippen molar-refractivity contribution in [1.82, 2.24) is 29.9 Å². The van der Waals surface area contributed by atoms with Gasteiger partial charge in [-0.15, -0.1) is 5.10 Å². The Labute approximate surface area is 140 Å². The molecule has 3 heterocycles. The van der Waals surface area contributed by atoms with Gasteiger partial charge in [0.2, 0.25) is 11.9 Å². The van der Waals surface area contributed by atoms with Gasteiger partial charge in [0, 0.05) is 46.0 Å². The molecule has 0 spiro atoms. The number of ether oxygens (including phenoxy) is 1. The van der Waals surface area contributed by atoms with Crippen molar-refractivity contribution in [2.75, 3.05) is 38.8 Å². The highest BCUT2D eigenvalue weighted by atomic mass is 16.5. The summed E-state index contributed by atoms with van der Waals surface area (Å²) in [5.41, 5.74) is 1.93. The quantitative estimate of drug-likeness (QED) is 0.750. The second-order valence-electron chi connectivity index (χ2n) is 5.97. The Hall–Kier alpha value is -2.55. The van der Waals surface area contributed by atoms with Crippen molar-refractivity contribution in [1.29, 1.82) is 0 Å². The smallest absolute Gasteiger partial charge is 0.248 e. The Morgan fingerprint density at radius 3 is 2.83 bits per heavy atom. The summed E-state index contributed by atoms with van der Waals surface area (Å²) in [6.07, 6.45) is 3.44. The predicted octanol–water partition coefficient (Wildman–Crippen LogP) is -0.186. The molecule has 1 aliphatic rings. The van der Waals surface area contributed by atoms with Gasteiger partial charge in [-0.2, -0.15) is 0 Å². The van der Waals surface area contributed by atoms with Crippen molar-refractivity contribution >= 4 is 11.9 Å². The van der Waals surface area contributed by atoms with Crippen LogP contribution in [0.4, 0.5) is 5.95 Å². The molecular formula is C15H21N7O2. The summed E-state index contributed by atoms with van der Waals surface area (Å²) in [6, 6.07) is 1.79. The number of anilines is 1. The first-order chi connectivity index (χ1) is 11.6. The molecule has 0 aliphatic carbocycles. The first-order valence-corrected chi connectivity index (χ1v) is 7.74. The average molecular weight is 331 g/mol. The maximum atomic E-state index is 11.7. The van der Waals surface area contributed by atoms with Crippen LogP contribution < -0.4 is 4.90 Å². The topological polar surface area (TPSA) is 89.3 Å². The average Bonchev–Trinajstić information content (AvgIpc) is 2.96. The second kappa shape index (κ2) is 6.91. The number of amides is 1. The lowest BCUT2D eigenvalue weighted by Gasteiger charge is -2.32. The molecule has 0 radical (unpaired) electrons. The first kappa shape index (κ1) is 16.3. The predicted molar refractivity (Wildman–Crippen MR) is 86.3 cm³/mol. The van der Waals surface area contributed by atoms with Crippen LogP contribution in [0, 0.1) is 0 Å². The number of hydrogen-bond acceptors (Lipinski definition) is 7. The Morgan fingerprint density at radius 2 is 2.12 bits per heavy atom. The van der Waals surface area contributed by atoms with Gasteiger partial charge in [0.15, 0.2) is 0 Å². The number of aromatic nitrogens is 5. The molecule has 0 saturated carbocycles. The number of nitrogens with zero attached hydrogens (tertiary/aromatic N) is 7. The number of rotatable bonds is 5. The van der Waals surface area contributed by atoms with E-state index in [1.807, 2.05) is 7.05 Å². The molecule has 0 saturated heterocycles. The van der Waals surface area contributed by atoms with Crippen molar-refractivity contribution in [3.63, 3.8) is 0 Å². The van der Waals surface area contributed by atoms with E-state index in [9.17, 15) is 4.79 Å². The highest BCUT2D eigenvalue weighted by Crippen LogP contribution is 2.28. The third kappa shape index (κ3) is 3.35. The lowest BCUT2D eigenvalue weighted by Crippen LogP contribution is -2.38. The molecule has 0 N–H and O–H groups in total. The largest absolute Gasteiger partial charge is 0.371 e. The highest BCUT2D eigenvalue weighted by molar-refractivity contribution is 5.76. The van der Waals surface area contributed by atoms with Gasteiger partial charge in [0.25, 0.3) is 0 Å². The normalized spacial score (nSPS) is 16.8. The molecule has 1 unspecified atom stereocenters. The van der Waals surface area contributed by atoms with Gasteiger partial charge in [-0.05, 0) is 6.07 Å². The fourth-order valence-corrected chi connectivity index (χ4v) is 2.77. The van der Waals surface area contributed by atoms with Crippen molar-refractivity contribution in [2.45, 2.75) is 12.5 Å². The molecule has 3 rings (SSSR count). The molecule has 2 aromatic heterocycles. The fourth-order valence-electron chi connectivity index (χ4n) is 2.77. The summed E-state index contributed by atoms with van der Waals surface area (Å²) in [5, 5.41) is 8.36. The first-order valence-electron chi connectivity index (χ1n) is 7.74. The Morgan fingerprint density at radius 1 is 1.38 bits per heavy atom. The van der Waals surface area contributed by atoms with Crippen molar-refractivity contribution < 1.29 is 9.53 Å². The summed E-state index contributed by atoms with van der Waals surface area (Å²) < 4.78 is 7.41. The van der Waals surface area contributed by atoms with Crippen molar-refractivity contribution in [2.24, 2.45) is 7.05 Å². The van der Waals surface area contributed by atoms with Crippen molar-refractivity contribution in [3.05, 3.63) is 29.8 Å². The van der Waals surface area contributed by atoms with Crippen LogP contribution >= 0.6 is 0 Å². The minimum Gasteiger partial charge on any atom is -0.371 e. The van der Waals surface area contributed by atoms with Crippen LogP contribution in [0.3, 0.4) is 0 Å². The molecule has 0 aromatic carbocycles. The van der Waals surface area contributed by atoms with E-state index in [2.05, 4.69) is 25.2 Å². The van der Waals surface area contributed by atoms with Gasteiger partial charge >= 0.3 is 0 Å². The number of carbonyl (C=O) groups excluding carboxylic acids is 1. The molecule has 1 atom stereocenters. The SMILES string of the molecule is CN(C)C(=O)COCC1CN(c2ncccn2)Cc2nnn(C)c21. The highest BCUT2D eigenvalue weighted by Gasteiger charge is 2.31. The molecular weight excluding hydrogens is 310 g/mol. The van der Waals surface area contributed by atoms with Crippen LogP contribution in [0.2, 0.25) is 0 Å². The van der Waals surface area contributed by atoms with E-state index < -0.39 is 0 Å². The maximum absolute atomic E-state index is 11.7. The standard InChI is InChI=1S/C15H21N7O2/c1-20(2)13(23)10-24-9-11-7-22(15-16-5-4-6-17-15)8-12-14(11)21(3)19-18-12/h4-6,11H,7-10H2,1-3H3. The van der Waals surface area contributed by atoms with E-state index in [1.165, 1.54) is 4.90 Å². The Bertz CT molecular complexity index is 701. The summed E-state index contributed by atoms with van der Waals surface area (Å²) in [4.78, 5) is 23.9. The minimum atomic E-state index is -0.0580. The molecule has 9 heteroatoms. The van der Waals surface area contributed by atoms with Crippen LogP contribution in [0.25, 0.3) is 0 Å². The van der Waals surface area contributed by atoms with Crippen LogP contribution in [-0.2, 0) is 23.1 Å². The molecule has 9 nitrogen and oxygen atoms in total. The zero-order valence-electron chi connectivity index (χ0n) is 14.1. The monoisotopic (exact) mass is 331 g/mol. The molecule has 1 amide bonds. The summed E-state index contributed by atoms with van der Waals surface area (Å²) in [7, 11) is 5.30. The Kier molecular flexibility index (Phi) is 4.70. The zero-order valence-corrected chi connectivity index (χ0v) is 14.1. The maximum Gasteiger partial charge on any atom is 0.248 e. The van der Waals surface area contributed by atoms with Crippen LogP contribution in [-0.4, -0.2) is 69.6 Å². The van der Waals surface area contributed by atoms with Gasteiger partial charge < -0.3 is 14.5 Å². The van der Waals surface area contributed by atoms with E-state index in [0.717, 1.165) is 11.4 Å². The molecule has 2 aromatic rings. The lowest BCUT2D eigenvalue weighted by atomic mass is 9.99. The van der Waals surface area contributed by atoms with Gasteiger partial charge in [0.1, 0.15) is 12.3 Å². The summed E-state index contributed by atoms with van der Waals surface area (Å²) >= 11 is 0. The molecule has 1 aliphatic heterocycles. The third-order valence-corrected chi connectivity index (χ3v) is 3.99. The molecule has 128 valence electrons.